The van der Waals surface area contributed by atoms with E-state index in [1.54, 1.807) is 0 Å². The van der Waals surface area contributed by atoms with Crippen molar-refractivity contribution in [1.29, 1.82) is 0 Å². The first-order valence-corrected chi connectivity index (χ1v) is 7.45. The molecular formula is C16H22N4. The summed E-state index contributed by atoms with van der Waals surface area (Å²) >= 11 is 0. The van der Waals surface area contributed by atoms with Crippen LogP contribution in [0.3, 0.4) is 0 Å². The molecule has 0 bridgehead atoms. The van der Waals surface area contributed by atoms with E-state index in [2.05, 4.69) is 52.3 Å². The Labute approximate surface area is 120 Å². The highest BCUT2D eigenvalue weighted by molar-refractivity contribution is 5.56. The molecule has 0 atom stereocenters. The summed E-state index contributed by atoms with van der Waals surface area (Å²) in [5.41, 5.74) is 3.40. The molecule has 3 rings (SSSR count). The minimum absolute atomic E-state index is 0.522. The van der Waals surface area contributed by atoms with Gasteiger partial charge in [0.25, 0.3) is 0 Å². The predicted octanol–water partition coefficient (Wildman–Crippen LogP) is 2.99. The monoisotopic (exact) mass is 270 g/mol. The lowest BCUT2D eigenvalue weighted by molar-refractivity contribution is 0.343. The van der Waals surface area contributed by atoms with Crippen molar-refractivity contribution in [2.75, 3.05) is 13.1 Å². The molecule has 0 saturated carbocycles. The topological polar surface area (TPSA) is 42.7 Å². The van der Waals surface area contributed by atoms with Crippen molar-refractivity contribution < 1.29 is 0 Å². The second kappa shape index (κ2) is 5.75. The Balaban J connectivity index is 1.78. The zero-order valence-electron chi connectivity index (χ0n) is 12.2. The first-order valence-electron chi connectivity index (χ1n) is 7.45. The molecule has 2 aromatic rings. The molecule has 1 saturated heterocycles. The quantitative estimate of drug-likeness (QED) is 0.932. The van der Waals surface area contributed by atoms with E-state index in [0.29, 0.717) is 12.0 Å². The van der Waals surface area contributed by atoms with Crippen LogP contribution in [0.25, 0.3) is 11.3 Å². The van der Waals surface area contributed by atoms with Crippen LogP contribution in [0.4, 0.5) is 0 Å². The lowest BCUT2D eigenvalue weighted by Gasteiger charge is -2.22. The standard InChI is InChI=1S/C16H22N4/c1-12(2)13-3-4-16(18-9-13)14-10-19-20(11-14)15-5-7-17-8-6-15/h3-4,9-12,15,17H,5-8H2,1-2H3. The van der Waals surface area contributed by atoms with Gasteiger partial charge in [-0.1, -0.05) is 19.9 Å². The Morgan fingerprint density at radius 1 is 1.20 bits per heavy atom. The Kier molecular flexibility index (Phi) is 3.83. The van der Waals surface area contributed by atoms with Gasteiger partial charge in [-0.05, 0) is 43.5 Å². The van der Waals surface area contributed by atoms with Crippen LogP contribution in [-0.4, -0.2) is 27.9 Å². The average Bonchev–Trinajstić information content (AvgIpc) is 2.98. The fourth-order valence-corrected chi connectivity index (χ4v) is 2.66. The molecule has 0 aliphatic carbocycles. The highest BCUT2D eigenvalue weighted by Crippen LogP contribution is 2.23. The van der Waals surface area contributed by atoms with Crippen LogP contribution in [0.1, 0.15) is 44.2 Å². The molecule has 0 aromatic carbocycles. The summed E-state index contributed by atoms with van der Waals surface area (Å²) in [6.07, 6.45) is 8.34. The third-order valence-electron chi connectivity index (χ3n) is 4.03. The number of piperidine rings is 1. The molecule has 2 aromatic heterocycles. The summed E-state index contributed by atoms with van der Waals surface area (Å²) in [6.45, 7) is 6.54. The van der Waals surface area contributed by atoms with Crippen LogP contribution in [0, 0.1) is 0 Å². The van der Waals surface area contributed by atoms with Gasteiger partial charge in [0.05, 0.1) is 17.9 Å². The van der Waals surface area contributed by atoms with E-state index < -0.39 is 0 Å². The van der Waals surface area contributed by atoms with E-state index in [9.17, 15) is 0 Å². The lowest BCUT2D eigenvalue weighted by atomic mass is 10.0. The van der Waals surface area contributed by atoms with Gasteiger partial charge in [0.15, 0.2) is 0 Å². The first kappa shape index (κ1) is 13.3. The largest absolute Gasteiger partial charge is 0.317 e. The Morgan fingerprint density at radius 2 is 2.00 bits per heavy atom. The number of hydrogen-bond donors (Lipinski definition) is 1. The predicted molar refractivity (Wildman–Crippen MR) is 80.7 cm³/mol. The maximum absolute atomic E-state index is 4.56. The maximum atomic E-state index is 4.56. The Bertz CT molecular complexity index is 550. The number of hydrogen-bond acceptors (Lipinski definition) is 3. The van der Waals surface area contributed by atoms with Gasteiger partial charge >= 0.3 is 0 Å². The number of rotatable bonds is 3. The summed E-state index contributed by atoms with van der Waals surface area (Å²) < 4.78 is 2.11. The molecule has 106 valence electrons. The van der Waals surface area contributed by atoms with Crippen molar-refractivity contribution in [3.8, 4) is 11.3 Å². The SMILES string of the molecule is CC(C)c1ccc(-c2cnn(C3CCNCC3)c2)nc1. The normalized spacial score (nSPS) is 16.8. The number of aromatic nitrogens is 3. The van der Waals surface area contributed by atoms with Crippen molar-refractivity contribution in [3.05, 3.63) is 36.3 Å². The second-order valence-electron chi connectivity index (χ2n) is 5.82. The molecule has 0 radical (unpaired) electrons. The van der Waals surface area contributed by atoms with E-state index in [-0.39, 0.29) is 0 Å². The van der Waals surface area contributed by atoms with Crippen LogP contribution in [0.15, 0.2) is 30.7 Å². The van der Waals surface area contributed by atoms with Gasteiger partial charge in [-0.25, -0.2) is 0 Å². The third-order valence-corrected chi connectivity index (χ3v) is 4.03. The smallest absolute Gasteiger partial charge is 0.0733 e. The molecular weight excluding hydrogens is 248 g/mol. The summed E-state index contributed by atoms with van der Waals surface area (Å²) in [5.74, 6) is 0.522. The van der Waals surface area contributed by atoms with E-state index in [1.165, 1.54) is 5.56 Å². The Morgan fingerprint density at radius 3 is 2.65 bits per heavy atom. The van der Waals surface area contributed by atoms with Crippen LogP contribution in [0.2, 0.25) is 0 Å². The highest BCUT2D eigenvalue weighted by atomic mass is 15.3. The van der Waals surface area contributed by atoms with E-state index >= 15 is 0 Å². The fourth-order valence-electron chi connectivity index (χ4n) is 2.66. The van der Waals surface area contributed by atoms with Gasteiger partial charge in [-0.2, -0.15) is 5.10 Å². The minimum Gasteiger partial charge on any atom is -0.317 e. The molecule has 4 heteroatoms. The van der Waals surface area contributed by atoms with Gasteiger partial charge in [-0.3, -0.25) is 9.67 Å². The van der Waals surface area contributed by atoms with Gasteiger partial charge < -0.3 is 5.32 Å². The molecule has 4 nitrogen and oxygen atoms in total. The second-order valence-corrected chi connectivity index (χ2v) is 5.82. The molecule has 1 fully saturated rings. The van der Waals surface area contributed by atoms with Crippen molar-refractivity contribution in [2.24, 2.45) is 0 Å². The summed E-state index contributed by atoms with van der Waals surface area (Å²) in [7, 11) is 0. The molecule has 1 aliphatic heterocycles. The summed E-state index contributed by atoms with van der Waals surface area (Å²) in [5, 5.41) is 7.91. The molecule has 0 spiro atoms. The Hall–Kier alpha value is -1.68. The lowest BCUT2D eigenvalue weighted by Crippen LogP contribution is -2.29. The number of nitrogens with one attached hydrogen (secondary N) is 1. The fraction of sp³-hybridized carbons (Fsp3) is 0.500. The van der Waals surface area contributed by atoms with E-state index in [4.69, 9.17) is 0 Å². The number of pyridine rings is 1. The van der Waals surface area contributed by atoms with Crippen LogP contribution < -0.4 is 5.32 Å². The molecule has 1 aliphatic rings. The molecule has 3 heterocycles. The summed E-state index contributed by atoms with van der Waals surface area (Å²) in [4.78, 5) is 4.56. The van der Waals surface area contributed by atoms with Crippen molar-refractivity contribution in [3.63, 3.8) is 0 Å². The van der Waals surface area contributed by atoms with Gasteiger partial charge in [-0.15, -0.1) is 0 Å². The molecule has 1 N–H and O–H groups in total. The zero-order chi connectivity index (χ0) is 13.9. The maximum Gasteiger partial charge on any atom is 0.0733 e. The molecule has 0 amide bonds. The number of nitrogens with zero attached hydrogens (tertiary/aromatic N) is 3. The zero-order valence-corrected chi connectivity index (χ0v) is 12.2. The van der Waals surface area contributed by atoms with Crippen LogP contribution in [0.5, 0.6) is 0 Å². The van der Waals surface area contributed by atoms with E-state index in [1.807, 2.05) is 12.4 Å². The van der Waals surface area contributed by atoms with Gasteiger partial charge in [0.1, 0.15) is 0 Å². The van der Waals surface area contributed by atoms with Crippen molar-refractivity contribution in [1.82, 2.24) is 20.1 Å². The van der Waals surface area contributed by atoms with Gasteiger partial charge in [0.2, 0.25) is 0 Å². The van der Waals surface area contributed by atoms with Crippen molar-refractivity contribution in [2.45, 2.75) is 38.6 Å². The molecule has 20 heavy (non-hydrogen) atoms. The van der Waals surface area contributed by atoms with Crippen molar-refractivity contribution >= 4 is 0 Å². The minimum atomic E-state index is 0.522. The average molecular weight is 270 g/mol. The highest BCUT2D eigenvalue weighted by Gasteiger charge is 2.16. The van der Waals surface area contributed by atoms with Crippen LogP contribution in [-0.2, 0) is 0 Å². The molecule has 0 unspecified atom stereocenters. The van der Waals surface area contributed by atoms with Crippen LogP contribution >= 0.6 is 0 Å². The van der Waals surface area contributed by atoms with E-state index in [0.717, 1.165) is 37.2 Å². The van der Waals surface area contributed by atoms with Gasteiger partial charge in [0, 0.05) is 18.0 Å². The third kappa shape index (κ3) is 2.75. The first-order chi connectivity index (χ1) is 9.74. The summed E-state index contributed by atoms with van der Waals surface area (Å²) in [6, 6.07) is 4.79.